The highest BCUT2D eigenvalue weighted by Gasteiger charge is 2.63. The zero-order valence-corrected chi connectivity index (χ0v) is 33.5. The number of hydrogen-bond donors (Lipinski definition) is 1. The standard InChI is InChI=1S/C42H55N3O9S/c1-7-28-21-42(28,37(49)43-55(51,52)40(5)16-17-40)22-34(46)33-18-30-24-45(33)36(48)32(39(2,3)4)19-35(47)54-41(6)20-29(41)15-10-8-9-12-26-13-11-14-27-23-44(25-31(26)27)38(50)53-30/h7,9,11-14,28-30,32-33H,1,8,10,15-25H2,2-6H3,(H,43,49)/b12-9+/t28-,29-,30-,32-,33+,41-,42-/m1/s1. The maximum absolute atomic E-state index is 14.7. The molecular weight excluding hydrogens is 723 g/mol. The zero-order valence-electron chi connectivity index (χ0n) is 32.7. The van der Waals surface area contributed by atoms with E-state index in [1.807, 2.05) is 45.9 Å². The summed E-state index contributed by atoms with van der Waals surface area (Å²) in [5.41, 5.74) is 0.488. The minimum absolute atomic E-state index is 0.00102. The van der Waals surface area contributed by atoms with Crippen LogP contribution in [-0.4, -0.2) is 76.9 Å². The van der Waals surface area contributed by atoms with Crippen molar-refractivity contribution in [1.82, 2.24) is 14.5 Å². The third-order valence-electron chi connectivity index (χ3n) is 13.3. The number of esters is 1. The van der Waals surface area contributed by atoms with Crippen molar-refractivity contribution in [1.29, 1.82) is 0 Å². The van der Waals surface area contributed by atoms with Crippen LogP contribution in [0.3, 0.4) is 0 Å². The maximum Gasteiger partial charge on any atom is 0.410 e. The molecular formula is C42H55N3O9S. The van der Waals surface area contributed by atoms with Gasteiger partial charge in [0.05, 0.1) is 41.6 Å². The fraction of sp³-hybridized carbons (Fsp3) is 0.643. The lowest BCUT2D eigenvalue weighted by Gasteiger charge is -2.35. The Kier molecular flexibility index (Phi) is 9.90. The summed E-state index contributed by atoms with van der Waals surface area (Å²) in [5, 5.41) is 0. The molecule has 1 N–H and O–H groups in total. The molecule has 1 saturated heterocycles. The molecule has 3 amide bonds. The third kappa shape index (κ3) is 7.61. The van der Waals surface area contributed by atoms with Crippen molar-refractivity contribution >= 4 is 45.8 Å². The van der Waals surface area contributed by atoms with E-state index >= 15 is 0 Å². The molecule has 7 atom stereocenters. The molecule has 0 aromatic heterocycles. The lowest BCUT2D eigenvalue weighted by atomic mass is 9.77. The van der Waals surface area contributed by atoms with Crippen molar-refractivity contribution in [3.63, 3.8) is 0 Å². The highest BCUT2D eigenvalue weighted by atomic mass is 32.2. The van der Waals surface area contributed by atoms with Crippen LogP contribution in [0.5, 0.6) is 0 Å². The van der Waals surface area contributed by atoms with Crippen molar-refractivity contribution in [2.24, 2.45) is 28.6 Å². The van der Waals surface area contributed by atoms with Gasteiger partial charge in [-0.2, -0.15) is 0 Å². The first-order chi connectivity index (χ1) is 25.8. The van der Waals surface area contributed by atoms with E-state index in [1.165, 1.54) is 4.90 Å². The molecule has 3 heterocycles. The number of ether oxygens (including phenoxy) is 2. The van der Waals surface area contributed by atoms with Crippen LogP contribution in [-0.2, 0) is 51.8 Å². The number of nitrogens with one attached hydrogen (secondary N) is 1. The fourth-order valence-corrected chi connectivity index (χ4v) is 10.2. The third-order valence-corrected chi connectivity index (χ3v) is 15.4. The molecule has 12 nitrogen and oxygen atoms in total. The largest absolute Gasteiger partial charge is 0.459 e. The van der Waals surface area contributed by atoms with Crippen molar-refractivity contribution in [2.45, 2.75) is 134 Å². The molecule has 3 aliphatic carbocycles. The molecule has 1 aromatic rings. The lowest BCUT2D eigenvalue weighted by Crippen LogP contribution is -2.49. The molecule has 6 aliphatic rings. The van der Waals surface area contributed by atoms with Crippen molar-refractivity contribution in [3.05, 3.63) is 53.6 Å². The number of sulfonamides is 1. The first-order valence-electron chi connectivity index (χ1n) is 19.8. The molecule has 3 saturated carbocycles. The monoisotopic (exact) mass is 777 g/mol. The normalized spacial score (nSPS) is 33.7. The van der Waals surface area contributed by atoms with Crippen molar-refractivity contribution in [3.8, 4) is 0 Å². The number of carbonyl (C=O) groups excluding carboxylic acids is 5. The highest BCUT2D eigenvalue weighted by molar-refractivity contribution is 7.91. The number of hydrogen-bond acceptors (Lipinski definition) is 9. The van der Waals surface area contributed by atoms with Crippen LogP contribution in [0.4, 0.5) is 4.79 Å². The van der Waals surface area contributed by atoms with Gasteiger partial charge < -0.3 is 14.4 Å². The molecule has 0 unspecified atom stereocenters. The Morgan fingerprint density at radius 3 is 2.51 bits per heavy atom. The summed E-state index contributed by atoms with van der Waals surface area (Å²) in [4.78, 5) is 73.1. The van der Waals surface area contributed by atoms with Crippen molar-refractivity contribution < 1.29 is 41.9 Å². The van der Waals surface area contributed by atoms with E-state index in [0.717, 1.165) is 42.4 Å². The summed E-state index contributed by atoms with van der Waals surface area (Å²) in [7, 11) is -3.97. The Morgan fingerprint density at radius 2 is 1.84 bits per heavy atom. The average Bonchev–Trinajstić information content (AvgIpc) is 4.04. The molecule has 13 heteroatoms. The average molecular weight is 778 g/mol. The van der Waals surface area contributed by atoms with Gasteiger partial charge in [-0.1, -0.05) is 57.2 Å². The first kappa shape index (κ1) is 39.2. The predicted octanol–water partition coefficient (Wildman–Crippen LogP) is 5.83. The summed E-state index contributed by atoms with van der Waals surface area (Å²) >= 11 is 0. The van der Waals surface area contributed by atoms with E-state index in [2.05, 4.69) is 23.5 Å². The van der Waals surface area contributed by atoms with Gasteiger partial charge in [0.1, 0.15) is 11.7 Å². The maximum atomic E-state index is 14.7. The summed E-state index contributed by atoms with van der Waals surface area (Å²) in [6.07, 6.45) is 8.47. The van der Waals surface area contributed by atoms with Gasteiger partial charge in [0.15, 0.2) is 5.78 Å². The molecule has 4 fully saturated rings. The predicted molar refractivity (Wildman–Crippen MR) is 204 cm³/mol. The van der Waals surface area contributed by atoms with Crippen LogP contribution < -0.4 is 4.72 Å². The fourth-order valence-electron chi connectivity index (χ4n) is 8.88. The summed E-state index contributed by atoms with van der Waals surface area (Å²) in [5.74, 6) is -3.17. The topological polar surface area (TPSA) is 156 Å². The van der Waals surface area contributed by atoms with E-state index in [-0.39, 0.29) is 38.1 Å². The number of nitrogens with zero attached hydrogens (tertiary/aromatic N) is 2. The Balaban J connectivity index is 1.17. The molecule has 298 valence electrons. The van der Waals surface area contributed by atoms with E-state index in [9.17, 15) is 32.4 Å². The van der Waals surface area contributed by atoms with Gasteiger partial charge in [-0.15, -0.1) is 6.58 Å². The number of carbonyl (C=O) groups is 5. The summed E-state index contributed by atoms with van der Waals surface area (Å²) in [6.45, 7) is 13.6. The molecule has 1 aromatic carbocycles. The number of allylic oxidation sites excluding steroid dienone is 2. The van der Waals surface area contributed by atoms with Crippen LogP contribution >= 0.6 is 0 Å². The molecule has 55 heavy (non-hydrogen) atoms. The van der Waals surface area contributed by atoms with E-state index in [4.69, 9.17) is 9.47 Å². The van der Waals surface area contributed by atoms with Crippen LogP contribution in [0.1, 0.15) is 116 Å². The van der Waals surface area contributed by atoms with Gasteiger partial charge in [0.2, 0.25) is 21.8 Å². The molecule has 3 aliphatic heterocycles. The number of amides is 3. The number of ketones is 1. The molecule has 0 radical (unpaired) electrons. The van der Waals surface area contributed by atoms with Gasteiger partial charge in [0, 0.05) is 25.3 Å². The summed E-state index contributed by atoms with van der Waals surface area (Å²) < 4.78 is 39.4. The molecule has 4 bridgehead atoms. The number of rotatable bonds is 7. The quantitative estimate of drug-likeness (QED) is 0.266. The smallest absolute Gasteiger partial charge is 0.410 e. The van der Waals surface area contributed by atoms with E-state index in [1.54, 1.807) is 17.9 Å². The lowest BCUT2D eigenvalue weighted by molar-refractivity contribution is -0.158. The van der Waals surface area contributed by atoms with Crippen molar-refractivity contribution in [2.75, 3.05) is 6.54 Å². The first-order valence-corrected chi connectivity index (χ1v) is 21.2. The Labute approximate surface area is 324 Å². The minimum atomic E-state index is -3.97. The van der Waals surface area contributed by atoms with Gasteiger partial charge >= 0.3 is 12.1 Å². The highest BCUT2D eigenvalue weighted by Crippen LogP contribution is 2.57. The van der Waals surface area contributed by atoms with Crippen LogP contribution in [0, 0.1) is 28.6 Å². The Morgan fingerprint density at radius 1 is 1.09 bits per heavy atom. The second-order valence-corrected chi connectivity index (χ2v) is 20.7. The second kappa shape index (κ2) is 13.9. The SMILES string of the molecule is C=C[C@@H]1C[C@]1(CC(=O)[C@@H]1C[C@@H]2CN1C(=O)[C@H](C(C)(C)C)CC(=O)O[C@]1(C)C[C@H]1CCC/C=C/c1cccc3c1CN(C3)C(=O)O2)C(=O)NS(=O)(=O)C1(C)CC1. The van der Waals surface area contributed by atoms with Gasteiger partial charge in [0.25, 0.3) is 0 Å². The second-order valence-electron chi connectivity index (χ2n) is 18.5. The summed E-state index contributed by atoms with van der Waals surface area (Å²) in [6, 6.07) is 4.94. The van der Waals surface area contributed by atoms with E-state index in [0.29, 0.717) is 25.9 Å². The van der Waals surface area contributed by atoms with Crippen LogP contribution in [0.2, 0.25) is 0 Å². The molecule has 7 rings (SSSR count). The Hall–Kier alpha value is -4.00. The number of Topliss-reactive ketones (excluding diaryl/α,β-unsaturated/α-hetero) is 1. The molecule has 0 spiro atoms. The van der Waals surface area contributed by atoms with E-state index < -0.39 is 84.8 Å². The minimum Gasteiger partial charge on any atom is -0.459 e. The van der Waals surface area contributed by atoms with Crippen LogP contribution in [0.15, 0.2) is 36.9 Å². The zero-order chi connectivity index (χ0) is 39.7. The Bertz CT molecular complexity index is 1950. The van der Waals surface area contributed by atoms with Gasteiger partial charge in [-0.25, -0.2) is 13.2 Å². The number of fused-ring (bicyclic) bond motifs is 4. The van der Waals surface area contributed by atoms with Gasteiger partial charge in [-0.05, 0) is 86.8 Å². The van der Waals surface area contributed by atoms with Crippen LogP contribution in [0.25, 0.3) is 6.08 Å². The van der Waals surface area contributed by atoms with Gasteiger partial charge in [-0.3, -0.25) is 28.8 Å². The number of benzene rings is 1.